The normalized spacial score (nSPS) is 10.2. The summed E-state index contributed by atoms with van der Waals surface area (Å²) in [6, 6.07) is -0.480. The first-order valence-corrected chi connectivity index (χ1v) is 5.85. The van der Waals surface area contributed by atoms with Crippen LogP contribution in [0, 0.1) is 0 Å². The van der Waals surface area contributed by atoms with E-state index in [2.05, 4.69) is 0 Å². The van der Waals surface area contributed by atoms with Crippen molar-refractivity contribution in [3.05, 3.63) is 0 Å². The first-order chi connectivity index (χ1) is 8.33. The Kier molecular flexibility index (Phi) is 6.77. The molecular weight excluding hydrogens is 238 g/mol. The highest BCUT2D eigenvalue weighted by atomic mass is 16.4. The highest BCUT2D eigenvalue weighted by Crippen LogP contribution is 2.09. The van der Waals surface area contributed by atoms with Crippen molar-refractivity contribution in [2.24, 2.45) is 5.73 Å². The molecule has 0 aromatic carbocycles. The van der Waals surface area contributed by atoms with E-state index in [-0.39, 0.29) is 6.04 Å². The average Bonchev–Trinajstić information content (AvgIpc) is 2.27. The van der Waals surface area contributed by atoms with Gasteiger partial charge in [0.2, 0.25) is 5.91 Å². The number of nitrogens with zero attached hydrogens (tertiary/aromatic N) is 2. The molecule has 0 aromatic rings. The molecule has 7 heteroatoms. The van der Waals surface area contributed by atoms with Crippen LogP contribution in [-0.2, 0) is 9.59 Å². The highest BCUT2D eigenvalue weighted by Gasteiger charge is 2.25. The van der Waals surface area contributed by atoms with E-state index in [1.54, 1.807) is 7.05 Å². The molecular formula is C11H21N3O4. The van der Waals surface area contributed by atoms with E-state index in [1.165, 1.54) is 4.90 Å². The fourth-order valence-electron chi connectivity index (χ4n) is 1.76. The Morgan fingerprint density at radius 2 is 1.67 bits per heavy atom. The lowest BCUT2D eigenvalue weighted by molar-refractivity contribution is -0.138. The van der Waals surface area contributed by atoms with Gasteiger partial charge in [-0.3, -0.25) is 9.59 Å². The summed E-state index contributed by atoms with van der Waals surface area (Å²) in [6.07, 6.45) is 1.52. The second-order valence-corrected chi connectivity index (χ2v) is 4.08. The van der Waals surface area contributed by atoms with E-state index in [4.69, 9.17) is 10.8 Å². The molecule has 0 spiro atoms. The summed E-state index contributed by atoms with van der Waals surface area (Å²) in [5, 5.41) is 8.72. The SMILES string of the molecule is CCC(CC)N(C)C(=O)N(CC(N)=O)CC(=O)O. The minimum absolute atomic E-state index is 0.0154. The fraction of sp³-hybridized carbons (Fsp3) is 0.727. The first kappa shape index (κ1) is 16.2. The molecule has 0 fully saturated rings. The van der Waals surface area contributed by atoms with Gasteiger partial charge < -0.3 is 20.6 Å². The molecule has 0 saturated carbocycles. The number of carboxylic acids is 1. The van der Waals surface area contributed by atoms with E-state index in [0.29, 0.717) is 0 Å². The Bertz CT molecular complexity index is 299. The Morgan fingerprint density at radius 1 is 1.17 bits per heavy atom. The molecule has 104 valence electrons. The summed E-state index contributed by atoms with van der Waals surface area (Å²) < 4.78 is 0. The molecule has 0 saturated heterocycles. The lowest BCUT2D eigenvalue weighted by Crippen LogP contribution is -2.50. The molecule has 0 rings (SSSR count). The van der Waals surface area contributed by atoms with E-state index >= 15 is 0 Å². The van der Waals surface area contributed by atoms with E-state index in [9.17, 15) is 14.4 Å². The summed E-state index contributed by atoms with van der Waals surface area (Å²) in [5.41, 5.74) is 5.00. The molecule has 0 atom stereocenters. The molecule has 0 aliphatic heterocycles. The summed E-state index contributed by atoms with van der Waals surface area (Å²) in [7, 11) is 1.59. The Labute approximate surface area is 107 Å². The van der Waals surface area contributed by atoms with Crippen molar-refractivity contribution in [3.63, 3.8) is 0 Å². The Morgan fingerprint density at radius 3 is 2.00 bits per heavy atom. The average molecular weight is 259 g/mol. The van der Waals surface area contributed by atoms with Gasteiger partial charge in [-0.15, -0.1) is 0 Å². The molecule has 0 aliphatic carbocycles. The molecule has 0 aromatic heterocycles. The third kappa shape index (κ3) is 5.03. The van der Waals surface area contributed by atoms with Gasteiger partial charge in [-0.2, -0.15) is 0 Å². The Balaban J connectivity index is 4.81. The van der Waals surface area contributed by atoms with Gasteiger partial charge in [0.25, 0.3) is 0 Å². The monoisotopic (exact) mass is 259 g/mol. The van der Waals surface area contributed by atoms with Gasteiger partial charge in [-0.25, -0.2) is 4.79 Å². The number of rotatable bonds is 7. The van der Waals surface area contributed by atoms with Crippen LogP contribution in [0.3, 0.4) is 0 Å². The highest BCUT2D eigenvalue weighted by molar-refractivity contribution is 5.86. The number of primary amides is 1. The van der Waals surface area contributed by atoms with Crippen molar-refractivity contribution in [1.29, 1.82) is 0 Å². The second kappa shape index (κ2) is 7.52. The maximum absolute atomic E-state index is 12.1. The number of hydrogen-bond acceptors (Lipinski definition) is 3. The van der Waals surface area contributed by atoms with Crippen LogP contribution in [0.4, 0.5) is 4.79 Å². The van der Waals surface area contributed by atoms with E-state index in [1.807, 2.05) is 13.8 Å². The second-order valence-electron chi connectivity index (χ2n) is 4.08. The van der Waals surface area contributed by atoms with Crippen molar-refractivity contribution in [3.8, 4) is 0 Å². The minimum Gasteiger partial charge on any atom is -0.480 e. The molecule has 3 N–H and O–H groups in total. The molecule has 7 nitrogen and oxygen atoms in total. The standard InChI is InChI=1S/C11H21N3O4/c1-4-8(5-2)13(3)11(18)14(6-9(12)15)7-10(16)17/h8H,4-7H2,1-3H3,(H2,12,15)(H,16,17). The van der Waals surface area contributed by atoms with Gasteiger partial charge in [-0.1, -0.05) is 13.8 Å². The summed E-state index contributed by atoms with van der Waals surface area (Å²) in [6.45, 7) is 2.95. The smallest absolute Gasteiger partial charge is 0.323 e. The van der Waals surface area contributed by atoms with Crippen molar-refractivity contribution in [2.75, 3.05) is 20.1 Å². The van der Waals surface area contributed by atoms with Crippen molar-refractivity contribution >= 4 is 17.9 Å². The lowest BCUT2D eigenvalue weighted by atomic mass is 10.1. The first-order valence-electron chi connectivity index (χ1n) is 5.85. The summed E-state index contributed by atoms with van der Waals surface area (Å²) in [4.78, 5) is 35.9. The molecule has 0 heterocycles. The predicted molar refractivity (Wildman–Crippen MR) is 65.9 cm³/mol. The number of carbonyl (C=O) groups excluding carboxylic acids is 2. The summed E-state index contributed by atoms with van der Waals surface area (Å²) in [5.74, 6) is -1.91. The van der Waals surface area contributed by atoms with Crippen LogP contribution in [0.2, 0.25) is 0 Å². The topological polar surface area (TPSA) is 104 Å². The van der Waals surface area contributed by atoms with Gasteiger partial charge in [0.15, 0.2) is 0 Å². The molecule has 18 heavy (non-hydrogen) atoms. The molecule has 0 bridgehead atoms. The quantitative estimate of drug-likeness (QED) is 0.676. The number of carboxylic acid groups (broad SMARTS) is 1. The van der Waals surface area contributed by atoms with Crippen LogP contribution in [0.1, 0.15) is 26.7 Å². The Hall–Kier alpha value is -1.79. The molecule has 3 amide bonds. The fourth-order valence-corrected chi connectivity index (χ4v) is 1.76. The lowest BCUT2D eigenvalue weighted by Gasteiger charge is -2.31. The van der Waals surface area contributed by atoms with Gasteiger partial charge >= 0.3 is 12.0 Å². The van der Waals surface area contributed by atoms with Crippen LogP contribution >= 0.6 is 0 Å². The maximum Gasteiger partial charge on any atom is 0.323 e. The van der Waals surface area contributed by atoms with Crippen molar-refractivity contribution in [2.45, 2.75) is 32.7 Å². The number of urea groups is 1. The van der Waals surface area contributed by atoms with Gasteiger partial charge in [0.1, 0.15) is 13.1 Å². The van der Waals surface area contributed by atoms with Crippen LogP contribution in [0.5, 0.6) is 0 Å². The molecule has 0 aliphatic rings. The van der Waals surface area contributed by atoms with E-state index in [0.717, 1.165) is 17.7 Å². The number of hydrogen-bond donors (Lipinski definition) is 2. The number of amides is 3. The zero-order valence-corrected chi connectivity index (χ0v) is 11.0. The van der Waals surface area contributed by atoms with Crippen LogP contribution in [-0.4, -0.2) is 59.0 Å². The zero-order chi connectivity index (χ0) is 14.3. The summed E-state index contributed by atoms with van der Waals surface area (Å²) >= 11 is 0. The van der Waals surface area contributed by atoms with E-state index < -0.39 is 31.0 Å². The van der Waals surface area contributed by atoms with Gasteiger partial charge in [0, 0.05) is 13.1 Å². The van der Waals surface area contributed by atoms with Crippen LogP contribution in [0.25, 0.3) is 0 Å². The van der Waals surface area contributed by atoms with Crippen LogP contribution < -0.4 is 5.73 Å². The largest absolute Gasteiger partial charge is 0.480 e. The number of nitrogens with two attached hydrogens (primary N) is 1. The predicted octanol–water partition coefficient (Wildman–Crippen LogP) is 0.0987. The van der Waals surface area contributed by atoms with Gasteiger partial charge in [-0.05, 0) is 12.8 Å². The zero-order valence-electron chi connectivity index (χ0n) is 11.0. The van der Waals surface area contributed by atoms with Crippen molar-refractivity contribution in [1.82, 2.24) is 9.80 Å². The van der Waals surface area contributed by atoms with Crippen LogP contribution in [0.15, 0.2) is 0 Å². The molecule has 0 radical (unpaired) electrons. The van der Waals surface area contributed by atoms with Gasteiger partial charge in [0.05, 0.1) is 0 Å². The number of aliphatic carboxylic acids is 1. The maximum atomic E-state index is 12.1. The third-order valence-corrected chi connectivity index (χ3v) is 2.74. The molecule has 0 unspecified atom stereocenters. The number of carbonyl (C=O) groups is 3. The third-order valence-electron chi connectivity index (χ3n) is 2.74. The van der Waals surface area contributed by atoms with Crippen molar-refractivity contribution < 1.29 is 19.5 Å². The minimum atomic E-state index is -1.18.